The fraction of sp³-hybridized carbons (Fsp3) is 0.407. The number of nitrogens with one attached hydrogen (secondary N) is 2. The lowest BCUT2D eigenvalue weighted by Gasteiger charge is -2.16. The molecular weight excluding hydrogens is 472 g/mol. The van der Waals surface area contributed by atoms with Crippen molar-refractivity contribution in [3.63, 3.8) is 0 Å². The van der Waals surface area contributed by atoms with Gasteiger partial charge in [-0.3, -0.25) is 4.79 Å². The summed E-state index contributed by atoms with van der Waals surface area (Å²) in [5, 5.41) is 16.3. The lowest BCUT2D eigenvalue weighted by atomic mass is 10.1. The molecule has 1 saturated heterocycles. The lowest BCUT2D eigenvalue weighted by Crippen LogP contribution is -2.29. The first-order chi connectivity index (χ1) is 18.1. The smallest absolute Gasteiger partial charge is 0.222 e. The van der Waals surface area contributed by atoms with E-state index in [1.54, 1.807) is 20.4 Å². The Morgan fingerprint density at radius 2 is 2.05 bits per heavy atom. The number of amides is 1. The summed E-state index contributed by atoms with van der Waals surface area (Å²) in [6.45, 7) is 2.87. The van der Waals surface area contributed by atoms with E-state index in [0.717, 1.165) is 42.8 Å². The van der Waals surface area contributed by atoms with E-state index in [2.05, 4.69) is 15.6 Å². The van der Waals surface area contributed by atoms with E-state index in [0.29, 0.717) is 42.8 Å². The molecule has 0 saturated carbocycles. The number of carbonyl (C=O) groups is 1. The number of likely N-dealkylation sites (N-methyl/N-ethyl adjacent to an activating group) is 1. The molecule has 0 bridgehead atoms. The van der Waals surface area contributed by atoms with Crippen LogP contribution in [0.3, 0.4) is 0 Å². The van der Waals surface area contributed by atoms with E-state index < -0.39 is 6.10 Å². The van der Waals surface area contributed by atoms with Crippen LogP contribution in [0.4, 0.5) is 5.82 Å². The van der Waals surface area contributed by atoms with Gasteiger partial charge in [-0.2, -0.15) is 0 Å². The summed E-state index contributed by atoms with van der Waals surface area (Å²) in [4.78, 5) is 27.6. The normalized spacial score (nSPS) is 14.0. The predicted octanol–water partition coefficient (Wildman–Crippen LogP) is 2.60. The lowest BCUT2D eigenvalue weighted by molar-refractivity contribution is -0.127. The van der Waals surface area contributed by atoms with Gasteiger partial charge in [0.25, 0.3) is 0 Å². The van der Waals surface area contributed by atoms with Crippen molar-refractivity contribution in [2.75, 3.05) is 52.3 Å². The molecule has 10 heteroatoms. The van der Waals surface area contributed by atoms with Crippen LogP contribution in [0, 0.1) is 0 Å². The van der Waals surface area contributed by atoms with Gasteiger partial charge in [0.1, 0.15) is 24.3 Å². The average molecular weight is 507 g/mol. The highest BCUT2D eigenvalue weighted by atomic mass is 16.5. The third-order valence-electron chi connectivity index (χ3n) is 6.02. The number of hydrogen-bond acceptors (Lipinski definition) is 9. The van der Waals surface area contributed by atoms with Crippen molar-refractivity contribution >= 4 is 11.7 Å². The highest BCUT2D eigenvalue weighted by Gasteiger charge is 2.19. The number of ether oxygens (including phenoxy) is 2. The number of carbonyl (C=O) groups excluding carboxylic acids is 1. The zero-order valence-electron chi connectivity index (χ0n) is 21.3. The summed E-state index contributed by atoms with van der Waals surface area (Å²) in [6, 6.07) is 13.1. The average Bonchev–Trinajstić information content (AvgIpc) is 3.34. The maximum atomic E-state index is 11.9. The maximum Gasteiger partial charge on any atom is 0.222 e. The summed E-state index contributed by atoms with van der Waals surface area (Å²) >= 11 is 0. The molecule has 10 nitrogen and oxygen atoms in total. The Bertz CT molecular complexity index is 1190. The molecule has 3 aromatic rings. The summed E-state index contributed by atoms with van der Waals surface area (Å²) in [7, 11) is 3.36. The van der Waals surface area contributed by atoms with Gasteiger partial charge in [-0.1, -0.05) is 12.1 Å². The van der Waals surface area contributed by atoms with Crippen molar-refractivity contribution in [3.8, 4) is 34.3 Å². The van der Waals surface area contributed by atoms with Gasteiger partial charge in [0.15, 0.2) is 5.82 Å². The number of nitrogens with zero attached hydrogens (tertiary/aromatic N) is 4. The Kier molecular flexibility index (Phi) is 9.23. The van der Waals surface area contributed by atoms with Gasteiger partial charge >= 0.3 is 0 Å². The van der Waals surface area contributed by atoms with Crippen LogP contribution in [-0.4, -0.2) is 83.9 Å². The Morgan fingerprint density at radius 3 is 2.84 bits per heavy atom. The van der Waals surface area contributed by atoms with Gasteiger partial charge in [0.05, 0.1) is 12.8 Å². The van der Waals surface area contributed by atoms with Gasteiger partial charge in [0, 0.05) is 62.1 Å². The summed E-state index contributed by atoms with van der Waals surface area (Å²) in [5.41, 5.74) is 2.36. The quantitative estimate of drug-likeness (QED) is 0.300. The zero-order chi connectivity index (χ0) is 26.0. The van der Waals surface area contributed by atoms with E-state index in [1.165, 1.54) is 0 Å². The first kappa shape index (κ1) is 26.3. The van der Waals surface area contributed by atoms with E-state index in [9.17, 15) is 9.90 Å². The van der Waals surface area contributed by atoms with Gasteiger partial charge in [-0.25, -0.2) is 15.0 Å². The van der Waals surface area contributed by atoms with Crippen LogP contribution in [0.15, 0.2) is 48.7 Å². The van der Waals surface area contributed by atoms with Crippen LogP contribution in [-0.2, 0) is 4.79 Å². The van der Waals surface area contributed by atoms with E-state index >= 15 is 0 Å². The molecule has 196 valence electrons. The molecule has 0 aliphatic carbocycles. The Labute approximate surface area is 217 Å². The second-order valence-electron chi connectivity index (χ2n) is 8.86. The molecule has 1 aliphatic rings. The van der Waals surface area contributed by atoms with Crippen LogP contribution in [0.25, 0.3) is 22.6 Å². The van der Waals surface area contributed by atoms with E-state index in [-0.39, 0.29) is 12.5 Å². The topological polar surface area (TPSA) is 122 Å². The largest absolute Gasteiger partial charge is 0.491 e. The number of benzene rings is 1. The number of pyridine rings is 1. The van der Waals surface area contributed by atoms with Gasteiger partial charge in [-0.15, -0.1) is 0 Å². The van der Waals surface area contributed by atoms with Crippen molar-refractivity contribution in [1.82, 2.24) is 25.2 Å². The molecule has 37 heavy (non-hydrogen) atoms. The van der Waals surface area contributed by atoms with Crippen LogP contribution >= 0.6 is 0 Å². The van der Waals surface area contributed by atoms with E-state index in [4.69, 9.17) is 19.4 Å². The van der Waals surface area contributed by atoms with Gasteiger partial charge in [0.2, 0.25) is 11.8 Å². The minimum Gasteiger partial charge on any atom is -0.491 e. The van der Waals surface area contributed by atoms with E-state index in [1.807, 2.05) is 47.4 Å². The molecule has 0 radical (unpaired) electrons. The Balaban J connectivity index is 1.55. The van der Waals surface area contributed by atoms with Crippen molar-refractivity contribution < 1.29 is 19.4 Å². The zero-order valence-corrected chi connectivity index (χ0v) is 21.3. The fourth-order valence-corrected chi connectivity index (χ4v) is 4.13. The molecule has 2 aromatic heterocycles. The van der Waals surface area contributed by atoms with Crippen molar-refractivity contribution in [3.05, 3.63) is 48.7 Å². The van der Waals surface area contributed by atoms with Crippen LogP contribution in [0.2, 0.25) is 0 Å². The molecule has 1 unspecified atom stereocenters. The maximum absolute atomic E-state index is 11.9. The Morgan fingerprint density at radius 1 is 1.16 bits per heavy atom. The summed E-state index contributed by atoms with van der Waals surface area (Å²) in [5.74, 6) is 2.57. The first-order valence-electron chi connectivity index (χ1n) is 12.5. The number of methoxy groups -OCH3 is 1. The number of likely N-dealkylation sites (tertiary alicyclic amines) is 1. The van der Waals surface area contributed by atoms with Crippen molar-refractivity contribution in [2.45, 2.75) is 25.4 Å². The second-order valence-corrected chi connectivity index (χ2v) is 8.86. The highest BCUT2D eigenvalue weighted by molar-refractivity contribution is 5.78. The molecule has 1 amide bonds. The molecule has 3 heterocycles. The highest BCUT2D eigenvalue weighted by Crippen LogP contribution is 2.28. The Hall–Kier alpha value is -3.76. The monoisotopic (exact) mass is 506 g/mol. The SMILES string of the molecule is CNCC(O)COc1cccc(-c2nc(NCCCN3CCCC3=O)cc(-c3ccnc(OC)c3)n2)c1. The molecular formula is C27H34N6O4. The number of aromatic nitrogens is 3. The molecule has 1 fully saturated rings. The molecule has 1 aliphatic heterocycles. The van der Waals surface area contributed by atoms with Gasteiger partial charge < -0.3 is 30.1 Å². The number of rotatable bonds is 13. The standard InChI is InChI=1S/C27H34N6O4/c1-28-17-21(34)18-37-22-7-3-6-20(14-22)27-31-23(19-9-11-30-25(15-19)36-2)16-24(32-27)29-10-5-13-33-12-4-8-26(33)35/h3,6-7,9,11,14-16,21,28,34H,4-5,8,10,12-13,17-18H2,1-2H3,(H,29,31,32). The first-order valence-corrected chi connectivity index (χ1v) is 12.5. The minimum absolute atomic E-state index is 0.175. The van der Waals surface area contributed by atoms with Crippen LogP contribution in [0.1, 0.15) is 19.3 Å². The molecule has 0 spiro atoms. The molecule has 3 N–H and O–H groups in total. The third kappa shape index (κ3) is 7.37. The summed E-state index contributed by atoms with van der Waals surface area (Å²) in [6.07, 6.45) is 3.49. The van der Waals surface area contributed by atoms with Crippen molar-refractivity contribution in [2.24, 2.45) is 0 Å². The van der Waals surface area contributed by atoms with Gasteiger partial charge in [-0.05, 0) is 38.1 Å². The summed E-state index contributed by atoms with van der Waals surface area (Å²) < 4.78 is 11.1. The fourth-order valence-electron chi connectivity index (χ4n) is 4.13. The molecule has 1 atom stereocenters. The number of aliphatic hydroxyl groups excluding tert-OH is 1. The molecule has 1 aromatic carbocycles. The van der Waals surface area contributed by atoms with Crippen LogP contribution in [0.5, 0.6) is 11.6 Å². The molecule has 4 rings (SSSR count). The minimum atomic E-state index is -0.610. The predicted molar refractivity (Wildman–Crippen MR) is 142 cm³/mol. The van der Waals surface area contributed by atoms with Crippen LogP contribution < -0.4 is 20.1 Å². The number of hydrogen-bond donors (Lipinski definition) is 3. The number of anilines is 1. The van der Waals surface area contributed by atoms with Crippen molar-refractivity contribution in [1.29, 1.82) is 0 Å². The third-order valence-corrected chi connectivity index (χ3v) is 6.02. The number of aliphatic hydroxyl groups is 1. The second kappa shape index (κ2) is 13.0.